The Hall–Kier alpha value is -1.92. The number of benzene rings is 1. The van der Waals surface area contributed by atoms with E-state index in [4.69, 9.17) is 0 Å². The van der Waals surface area contributed by atoms with Crippen LogP contribution in [0.15, 0.2) is 36.7 Å². The lowest BCUT2D eigenvalue weighted by molar-refractivity contribution is 0.580. The van der Waals surface area contributed by atoms with Crippen LogP contribution < -0.4 is 15.1 Å². The summed E-state index contributed by atoms with van der Waals surface area (Å²) in [6.07, 6.45) is 3.66. The number of nitrogens with zero attached hydrogens (tertiary/aromatic N) is 4. The molecule has 0 atom stereocenters. The second-order valence-electron chi connectivity index (χ2n) is 5.20. The van der Waals surface area contributed by atoms with Crippen LogP contribution in [0.3, 0.4) is 0 Å². The Morgan fingerprint density at radius 1 is 1.09 bits per heavy atom. The lowest BCUT2D eigenvalue weighted by atomic mass is 10.2. The molecule has 3 rings (SSSR count). The van der Waals surface area contributed by atoms with Gasteiger partial charge in [0.05, 0.1) is 18.1 Å². The number of nitrogens with one attached hydrogen (secondary N) is 1. The largest absolute Gasteiger partial charge is 0.339 e. The van der Waals surface area contributed by atoms with Gasteiger partial charge in [-0.1, -0.05) is 0 Å². The van der Waals surface area contributed by atoms with Gasteiger partial charge in [0.15, 0.2) is 0 Å². The summed E-state index contributed by atoms with van der Waals surface area (Å²) in [5.41, 5.74) is 1.84. The fraction of sp³-hybridized carbons (Fsp3) is 0.375. The first-order chi connectivity index (χ1) is 10.8. The van der Waals surface area contributed by atoms with Crippen molar-refractivity contribution in [1.82, 2.24) is 15.3 Å². The Bertz CT molecular complexity index is 599. The molecule has 2 aromatic rings. The highest BCUT2D eigenvalue weighted by Gasteiger charge is 2.14. The topological polar surface area (TPSA) is 44.3 Å². The summed E-state index contributed by atoms with van der Waals surface area (Å²) in [6, 6.07) is 6.47. The highest BCUT2D eigenvalue weighted by molar-refractivity contribution is 5.85. The lowest BCUT2D eigenvalue weighted by Crippen LogP contribution is -2.44. The maximum Gasteiger partial charge on any atom is 0.225 e. The molecule has 1 aliphatic heterocycles. The second-order valence-corrected chi connectivity index (χ2v) is 5.20. The molecule has 23 heavy (non-hydrogen) atoms. The Morgan fingerprint density at radius 2 is 1.70 bits per heavy atom. The molecule has 0 unspecified atom stereocenters. The first-order valence-electron chi connectivity index (χ1n) is 7.59. The first kappa shape index (κ1) is 17.4. The van der Waals surface area contributed by atoms with Crippen molar-refractivity contribution < 1.29 is 4.39 Å². The van der Waals surface area contributed by atoms with Crippen molar-refractivity contribution in [1.29, 1.82) is 0 Å². The highest BCUT2D eigenvalue weighted by Crippen LogP contribution is 2.24. The van der Waals surface area contributed by atoms with E-state index in [2.05, 4.69) is 25.1 Å². The molecule has 0 aliphatic carbocycles. The van der Waals surface area contributed by atoms with Gasteiger partial charge in [-0.05, 0) is 31.2 Å². The fourth-order valence-electron chi connectivity index (χ4n) is 2.62. The summed E-state index contributed by atoms with van der Waals surface area (Å²) in [4.78, 5) is 13.2. The molecule has 1 fully saturated rings. The molecule has 1 aromatic carbocycles. The van der Waals surface area contributed by atoms with E-state index in [1.165, 1.54) is 12.1 Å². The molecule has 0 spiro atoms. The average Bonchev–Trinajstić information content (AvgIpc) is 2.59. The lowest BCUT2D eigenvalue weighted by Gasteiger charge is -2.28. The third kappa shape index (κ3) is 4.09. The van der Waals surface area contributed by atoms with Gasteiger partial charge in [0.1, 0.15) is 5.82 Å². The third-order valence-electron chi connectivity index (χ3n) is 3.79. The van der Waals surface area contributed by atoms with E-state index >= 15 is 0 Å². The molecule has 7 heteroatoms. The Labute approximate surface area is 141 Å². The van der Waals surface area contributed by atoms with Crippen LogP contribution in [0.1, 0.15) is 6.92 Å². The minimum atomic E-state index is -0.231. The summed E-state index contributed by atoms with van der Waals surface area (Å²) >= 11 is 0. The number of hydrogen-bond acceptors (Lipinski definition) is 5. The molecule has 1 aliphatic rings. The minimum absolute atomic E-state index is 0. The van der Waals surface area contributed by atoms with E-state index in [1.54, 1.807) is 12.1 Å². The van der Waals surface area contributed by atoms with Gasteiger partial charge < -0.3 is 15.1 Å². The van der Waals surface area contributed by atoms with Crippen LogP contribution in [0.25, 0.3) is 0 Å². The summed E-state index contributed by atoms with van der Waals surface area (Å²) < 4.78 is 13.1. The number of aromatic nitrogens is 2. The fourth-order valence-corrected chi connectivity index (χ4v) is 2.62. The van der Waals surface area contributed by atoms with Crippen LogP contribution in [-0.4, -0.2) is 42.7 Å². The number of piperazine rings is 1. The van der Waals surface area contributed by atoms with E-state index < -0.39 is 0 Å². The van der Waals surface area contributed by atoms with Gasteiger partial charge in [0.2, 0.25) is 5.95 Å². The normalized spacial score (nSPS) is 14.3. The quantitative estimate of drug-likeness (QED) is 0.929. The van der Waals surface area contributed by atoms with Gasteiger partial charge >= 0.3 is 0 Å². The number of hydrogen-bond donors (Lipinski definition) is 1. The molecule has 1 saturated heterocycles. The van der Waals surface area contributed by atoms with Gasteiger partial charge in [-0.15, -0.1) is 12.4 Å². The minimum Gasteiger partial charge on any atom is -0.339 e. The van der Waals surface area contributed by atoms with Crippen LogP contribution in [-0.2, 0) is 0 Å². The van der Waals surface area contributed by atoms with Crippen LogP contribution in [0.2, 0.25) is 0 Å². The van der Waals surface area contributed by atoms with Crippen molar-refractivity contribution in [3.8, 4) is 0 Å². The van der Waals surface area contributed by atoms with Crippen molar-refractivity contribution in [3.63, 3.8) is 0 Å². The van der Waals surface area contributed by atoms with Gasteiger partial charge in [0, 0.05) is 38.4 Å². The molecular weight excluding hydrogens is 317 g/mol. The third-order valence-corrected chi connectivity index (χ3v) is 3.79. The number of rotatable bonds is 4. The van der Waals surface area contributed by atoms with E-state index in [-0.39, 0.29) is 18.2 Å². The zero-order valence-corrected chi connectivity index (χ0v) is 13.9. The van der Waals surface area contributed by atoms with Crippen LogP contribution in [0.5, 0.6) is 0 Å². The average molecular weight is 338 g/mol. The Morgan fingerprint density at radius 3 is 2.26 bits per heavy atom. The zero-order valence-electron chi connectivity index (χ0n) is 13.1. The van der Waals surface area contributed by atoms with E-state index in [0.29, 0.717) is 0 Å². The van der Waals surface area contributed by atoms with E-state index in [1.807, 2.05) is 19.3 Å². The smallest absolute Gasteiger partial charge is 0.225 e. The van der Waals surface area contributed by atoms with Crippen molar-refractivity contribution in [3.05, 3.63) is 42.5 Å². The van der Waals surface area contributed by atoms with Crippen molar-refractivity contribution in [2.75, 3.05) is 42.5 Å². The van der Waals surface area contributed by atoms with Crippen LogP contribution >= 0.6 is 12.4 Å². The van der Waals surface area contributed by atoms with E-state index in [0.717, 1.165) is 50.0 Å². The molecule has 0 saturated carbocycles. The van der Waals surface area contributed by atoms with E-state index in [9.17, 15) is 4.39 Å². The Balaban J connectivity index is 0.00000192. The number of anilines is 3. The summed E-state index contributed by atoms with van der Waals surface area (Å²) in [5.74, 6) is 0.533. The van der Waals surface area contributed by atoms with Crippen LogP contribution in [0.4, 0.5) is 21.7 Å². The standard InChI is InChI=1S/C16H20FN5.ClH/c1-2-22(14-5-3-13(17)4-6-14)15-11-19-16(20-12-15)21-9-7-18-8-10-21;/h3-6,11-12,18H,2,7-10H2,1H3;1H. The highest BCUT2D eigenvalue weighted by atomic mass is 35.5. The molecule has 2 heterocycles. The Kier molecular flexibility index (Phi) is 6.12. The van der Waals surface area contributed by atoms with Gasteiger partial charge in [-0.2, -0.15) is 0 Å². The molecule has 1 N–H and O–H groups in total. The molecular formula is C16H21ClFN5. The molecule has 0 radical (unpaired) electrons. The maximum atomic E-state index is 13.1. The SMILES string of the molecule is CCN(c1ccc(F)cc1)c1cnc(N2CCNCC2)nc1.Cl. The molecule has 0 amide bonds. The first-order valence-corrected chi connectivity index (χ1v) is 7.59. The molecule has 1 aromatic heterocycles. The molecule has 124 valence electrons. The molecule has 0 bridgehead atoms. The summed E-state index contributed by atoms with van der Waals surface area (Å²) in [5, 5.41) is 3.31. The number of halogens is 2. The summed E-state index contributed by atoms with van der Waals surface area (Å²) in [6.45, 7) is 6.59. The molecule has 5 nitrogen and oxygen atoms in total. The monoisotopic (exact) mass is 337 g/mol. The predicted octanol–water partition coefficient (Wildman–Crippen LogP) is 2.61. The predicted molar refractivity (Wildman–Crippen MR) is 93.4 cm³/mol. The van der Waals surface area contributed by atoms with Gasteiger partial charge in [-0.3, -0.25) is 0 Å². The van der Waals surface area contributed by atoms with Crippen molar-refractivity contribution in [2.45, 2.75) is 6.92 Å². The second kappa shape index (κ2) is 8.08. The summed E-state index contributed by atoms with van der Waals surface area (Å²) in [7, 11) is 0. The maximum absolute atomic E-state index is 13.1. The van der Waals surface area contributed by atoms with Crippen molar-refractivity contribution in [2.24, 2.45) is 0 Å². The van der Waals surface area contributed by atoms with Gasteiger partial charge in [0.25, 0.3) is 0 Å². The van der Waals surface area contributed by atoms with Crippen LogP contribution in [0, 0.1) is 5.82 Å². The van der Waals surface area contributed by atoms with Gasteiger partial charge in [-0.25, -0.2) is 14.4 Å². The zero-order chi connectivity index (χ0) is 15.4. The van der Waals surface area contributed by atoms with Crippen molar-refractivity contribution >= 4 is 29.7 Å².